The zero-order valence-electron chi connectivity index (χ0n) is 7.61. The van der Waals surface area contributed by atoms with E-state index in [9.17, 15) is 14.2 Å². The second-order valence-electron chi connectivity index (χ2n) is 2.51. The van der Waals surface area contributed by atoms with Gasteiger partial charge in [-0.25, -0.2) is 4.79 Å². The van der Waals surface area contributed by atoms with Crippen LogP contribution in [-0.4, -0.2) is 34.6 Å². The van der Waals surface area contributed by atoms with E-state index < -0.39 is 26.0 Å². The zero-order valence-corrected chi connectivity index (χ0v) is 8.61. The molecule has 0 radical (unpaired) electrons. The first kappa shape index (κ1) is 12.9. The predicted octanol–water partition coefficient (Wildman–Crippen LogP) is -0.400. The van der Waals surface area contributed by atoms with Crippen LogP contribution in [-0.2, 0) is 14.2 Å². The molecule has 14 heavy (non-hydrogen) atoms. The predicted molar refractivity (Wildman–Crippen MR) is 50.5 cm³/mol. The quantitative estimate of drug-likeness (QED) is 0.433. The maximum atomic E-state index is 10.8. The molecule has 0 spiro atoms. The monoisotopic (exact) mass is 221 g/mol. The smallest absolute Gasteiger partial charge is 0.352 e. The zero-order chi connectivity index (χ0) is 11.1. The van der Waals surface area contributed by atoms with Gasteiger partial charge in [-0.3, -0.25) is 4.79 Å². The summed E-state index contributed by atoms with van der Waals surface area (Å²) in [4.78, 5) is 21.0. The lowest BCUT2D eigenvalue weighted by Gasteiger charge is -2.01. The molecule has 0 rings (SSSR count). The molecule has 1 unspecified atom stereocenters. The molecule has 0 aliphatic carbocycles. The molecule has 3 N–H and O–H groups in total. The molecular weight excluding hydrogens is 209 g/mol. The number of carboxylic acid groups (broad SMARTS) is 1. The topological polar surface area (TPSA) is 104 Å². The van der Waals surface area contributed by atoms with Crippen molar-refractivity contribution in [3.8, 4) is 0 Å². The SMILES string of the molecule is CC(=O)N/C(=C/C[PH](=O)CO)C(=O)O. The number of aliphatic hydroxyl groups is 1. The molecule has 0 aromatic carbocycles. The summed E-state index contributed by atoms with van der Waals surface area (Å²) >= 11 is 0. The molecular formula is C7H12NO5P. The molecule has 0 saturated heterocycles. The molecule has 0 heterocycles. The van der Waals surface area contributed by atoms with E-state index in [0.29, 0.717) is 0 Å². The van der Waals surface area contributed by atoms with Gasteiger partial charge in [-0.05, 0) is 6.08 Å². The highest BCUT2D eigenvalue weighted by Crippen LogP contribution is 2.17. The van der Waals surface area contributed by atoms with Crippen molar-refractivity contribution in [2.45, 2.75) is 6.92 Å². The van der Waals surface area contributed by atoms with Gasteiger partial charge in [-0.1, -0.05) is 0 Å². The third-order valence-electron chi connectivity index (χ3n) is 1.25. The fourth-order valence-corrected chi connectivity index (χ4v) is 1.22. The minimum atomic E-state index is -2.18. The van der Waals surface area contributed by atoms with Crippen molar-refractivity contribution in [1.82, 2.24) is 5.32 Å². The molecule has 0 aromatic heterocycles. The summed E-state index contributed by atoms with van der Waals surface area (Å²) in [5.74, 6) is -1.81. The molecule has 0 saturated carbocycles. The Kier molecular flexibility index (Phi) is 5.83. The molecule has 0 aromatic rings. The highest BCUT2D eigenvalue weighted by molar-refractivity contribution is 7.44. The van der Waals surface area contributed by atoms with Crippen molar-refractivity contribution < 1.29 is 24.4 Å². The van der Waals surface area contributed by atoms with Crippen LogP contribution in [0.4, 0.5) is 0 Å². The molecule has 6 nitrogen and oxygen atoms in total. The Morgan fingerprint density at radius 1 is 1.50 bits per heavy atom. The lowest BCUT2D eigenvalue weighted by molar-refractivity contribution is -0.134. The van der Waals surface area contributed by atoms with Gasteiger partial charge in [-0.15, -0.1) is 0 Å². The third kappa shape index (κ3) is 5.50. The van der Waals surface area contributed by atoms with Crippen molar-refractivity contribution in [3.05, 3.63) is 11.8 Å². The van der Waals surface area contributed by atoms with E-state index in [4.69, 9.17) is 10.2 Å². The molecule has 0 fully saturated rings. The van der Waals surface area contributed by atoms with Crippen molar-refractivity contribution in [2.24, 2.45) is 0 Å². The van der Waals surface area contributed by atoms with E-state index in [1.165, 1.54) is 6.92 Å². The molecule has 0 aliphatic heterocycles. The van der Waals surface area contributed by atoms with Crippen molar-refractivity contribution in [3.63, 3.8) is 0 Å². The summed E-state index contributed by atoms with van der Waals surface area (Å²) in [5.41, 5.74) is -0.315. The first-order chi connectivity index (χ1) is 6.47. The fraction of sp³-hybridized carbons (Fsp3) is 0.429. The van der Waals surface area contributed by atoms with Gasteiger partial charge in [0.25, 0.3) is 0 Å². The maximum absolute atomic E-state index is 10.8. The first-order valence-electron chi connectivity index (χ1n) is 3.81. The van der Waals surface area contributed by atoms with Crippen LogP contribution in [0.5, 0.6) is 0 Å². The minimum absolute atomic E-state index is 0.0386. The number of hydrogen-bond donors (Lipinski definition) is 3. The van der Waals surface area contributed by atoms with Gasteiger partial charge in [0.1, 0.15) is 13.5 Å². The largest absolute Gasteiger partial charge is 0.477 e. The lowest BCUT2D eigenvalue weighted by atomic mass is 10.4. The van der Waals surface area contributed by atoms with Gasteiger partial charge >= 0.3 is 5.97 Å². The van der Waals surface area contributed by atoms with E-state index in [2.05, 4.69) is 5.32 Å². The number of rotatable bonds is 5. The number of hydrogen-bond acceptors (Lipinski definition) is 4. The highest BCUT2D eigenvalue weighted by Gasteiger charge is 2.08. The standard InChI is InChI=1S/C7H12NO5P/c1-5(10)8-6(7(11)12)2-3-14(13)4-9/h2,9,14H,3-4H2,1H3,(H,8,10)(H,11,12)/b6-2+. The fourth-order valence-electron chi connectivity index (χ4n) is 0.662. The number of nitrogens with one attached hydrogen (secondary N) is 1. The van der Waals surface area contributed by atoms with Crippen LogP contribution in [0.3, 0.4) is 0 Å². The molecule has 7 heteroatoms. The number of carboxylic acids is 1. The first-order valence-corrected chi connectivity index (χ1v) is 5.63. The molecule has 80 valence electrons. The Morgan fingerprint density at radius 2 is 2.07 bits per heavy atom. The number of allylic oxidation sites excluding steroid dienone is 1. The van der Waals surface area contributed by atoms with Crippen LogP contribution < -0.4 is 5.32 Å². The van der Waals surface area contributed by atoms with E-state index >= 15 is 0 Å². The average molecular weight is 221 g/mol. The van der Waals surface area contributed by atoms with Crippen molar-refractivity contribution in [1.29, 1.82) is 0 Å². The van der Waals surface area contributed by atoms with Crippen LogP contribution in [0.15, 0.2) is 11.8 Å². The van der Waals surface area contributed by atoms with E-state index in [0.717, 1.165) is 6.08 Å². The van der Waals surface area contributed by atoms with Crippen molar-refractivity contribution >= 4 is 19.7 Å². The van der Waals surface area contributed by atoms with Crippen LogP contribution in [0.25, 0.3) is 0 Å². The van der Waals surface area contributed by atoms with Gasteiger partial charge in [0, 0.05) is 13.1 Å². The molecule has 1 atom stereocenters. The maximum Gasteiger partial charge on any atom is 0.352 e. The third-order valence-corrected chi connectivity index (χ3v) is 2.26. The van der Waals surface area contributed by atoms with Crippen LogP contribution in [0.1, 0.15) is 6.92 Å². The van der Waals surface area contributed by atoms with E-state index in [1.54, 1.807) is 0 Å². The van der Waals surface area contributed by atoms with Crippen LogP contribution in [0.2, 0.25) is 0 Å². The molecule has 0 bridgehead atoms. The number of amides is 1. The summed E-state index contributed by atoms with van der Waals surface area (Å²) in [6.45, 7) is 1.17. The number of aliphatic hydroxyl groups excluding tert-OH is 1. The Hall–Kier alpha value is -1.13. The molecule has 0 aliphatic rings. The van der Waals surface area contributed by atoms with Crippen molar-refractivity contribution in [2.75, 3.05) is 12.5 Å². The van der Waals surface area contributed by atoms with Gasteiger partial charge in [0.15, 0.2) is 0 Å². The summed E-state index contributed by atoms with van der Waals surface area (Å²) in [6, 6.07) is 0. The number of carbonyl (C=O) groups excluding carboxylic acids is 1. The second-order valence-corrected chi connectivity index (χ2v) is 4.31. The second kappa shape index (κ2) is 6.34. The summed E-state index contributed by atoms with van der Waals surface area (Å²) < 4.78 is 10.8. The average Bonchev–Trinajstić information content (AvgIpc) is 2.10. The Morgan fingerprint density at radius 3 is 2.43 bits per heavy atom. The summed E-state index contributed by atoms with van der Waals surface area (Å²) in [5, 5.41) is 19.1. The van der Waals surface area contributed by atoms with Crippen LogP contribution in [0, 0.1) is 0 Å². The Labute approximate surface area is 81.4 Å². The number of aliphatic carboxylic acids is 1. The summed E-state index contributed by atoms with van der Waals surface area (Å²) in [6.07, 6.45) is 0.623. The number of carbonyl (C=O) groups is 2. The van der Waals surface area contributed by atoms with Gasteiger partial charge < -0.3 is 20.1 Å². The van der Waals surface area contributed by atoms with E-state index in [-0.39, 0.29) is 11.9 Å². The van der Waals surface area contributed by atoms with E-state index in [1.807, 2.05) is 0 Å². The van der Waals surface area contributed by atoms with Gasteiger partial charge in [0.2, 0.25) is 5.91 Å². The Balaban J connectivity index is 4.41. The minimum Gasteiger partial charge on any atom is -0.477 e. The van der Waals surface area contributed by atoms with Gasteiger partial charge in [0.05, 0.1) is 6.35 Å². The van der Waals surface area contributed by atoms with Crippen LogP contribution >= 0.6 is 7.80 Å². The lowest BCUT2D eigenvalue weighted by Crippen LogP contribution is -2.24. The van der Waals surface area contributed by atoms with Gasteiger partial charge in [-0.2, -0.15) is 0 Å². The highest BCUT2D eigenvalue weighted by atomic mass is 31.1. The summed E-state index contributed by atoms with van der Waals surface area (Å²) in [7, 11) is -2.18. The Bertz CT molecular complexity index is 286. The molecule has 1 amide bonds. The normalized spacial score (nSPS) is 13.4.